The first-order valence-corrected chi connectivity index (χ1v) is 12.4. The van der Waals surface area contributed by atoms with E-state index < -0.39 is 15.9 Å². The van der Waals surface area contributed by atoms with E-state index in [4.69, 9.17) is 4.74 Å². The number of amides is 1. The Bertz CT molecular complexity index is 1220. The minimum atomic E-state index is -3.70. The molecule has 2 heterocycles. The number of anilines is 1. The van der Waals surface area contributed by atoms with Gasteiger partial charge in [0.25, 0.3) is 5.91 Å². The molecule has 0 spiro atoms. The molecule has 0 atom stereocenters. The van der Waals surface area contributed by atoms with E-state index in [-0.39, 0.29) is 23.6 Å². The molecular formula is C24H30N4O4S. The van der Waals surface area contributed by atoms with Gasteiger partial charge in [0.1, 0.15) is 11.6 Å². The fourth-order valence-corrected chi connectivity index (χ4v) is 5.30. The van der Waals surface area contributed by atoms with E-state index in [1.807, 2.05) is 26.0 Å². The van der Waals surface area contributed by atoms with Gasteiger partial charge in [-0.3, -0.25) is 4.79 Å². The molecule has 1 aliphatic rings. The smallest absolute Gasteiger partial charge is 0.266 e. The van der Waals surface area contributed by atoms with Crippen LogP contribution in [0, 0.1) is 32.1 Å². The first-order valence-electron chi connectivity index (χ1n) is 11.0. The second-order valence-corrected chi connectivity index (χ2v) is 10.0. The summed E-state index contributed by atoms with van der Waals surface area (Å²) >= 11 is 0. The lowest BCUT2D eigenvalue weighted by molar-refractivity contribution is -0.112. The van der Waals surface area contributed by atoms with E-state index in [9.17, 15) is 18.5 Å². The van der Waals surface area contributed by atoms with Crippen molar-refractivity contribution < 1.29 is 17.9 Å². The summed E-state index contributed by atoms with van der Waals surface area (Å²) in [5.74, 6) is -0.582. The van der Waals surface area contributed by atoms with Crippen LogP contribution in [0.3, 0.4) is 0 Å². The van der Waals surface area contributed by atoms with Crippen LogP contribution in [0.4, 0.5) is 5.69 Å². The van der Waals surface area contributed by atoms with Gasteiger partial charge in [-0.25, -0.2) is 8.42 Å². The Morgan fingerprint density at radius 2 is 1.91 bits per heavy atom. The summed E-state index contributed by atoms with van der Waals surface area (Å²) in [5.41, 5.74) is 3.87. The monoisotopic (exact) mass is 470 g/mol. The Labute approximate surface area is 195 Å². The third-order valence-corrected chi connectivity index (χ3v) is 7.68. The summed E-state index contributed by atoms with van der Waals surface area (Å²) in [6.07, 6.45) is 2.56. The van der Waals surface area contributed by atoms with E-state index in [2.05, 4.69) is 16.8 Å². The SMILES string of the molecule is CCCn1c(C)cc(/C=C(/C#N)C(=O)Nc2cc(S(=O)(=O)N3CCOCC3)ccc2C)c1C. The summed E-state index contributed by atoms with van der Waals surface area (Å²) in [5, 5.41) is 12.3. The summed E-state index contributed by atoms with van der Waals surface area (Å²) in [7, 11) is -3.70. The van der Waals surface area contributed by atoms with Gasteiger partial charge in [0, 0.05) is 36.7 Å². The fraction of sp³-hybridized carbons (Fsp3) is 0.417. The number of rotatable bonds is 7. The van der Waals surface area contributed by atoms with E-state index in [1.54, 1.807) is 19.1 Å². The van der Waals surface area contributed by atoms with Crippen LogP contribution in [0.1, 0.15) is 35.9 Å². The van der Waals surface area contributed by atoms with Gasteiger partial charge in [0.15, 0.2) is 0 Å². The number of carbonyl (C=O) groups is 1. The zero-order chi connectivity index (χ0) is 24.2. The Kier molecular flexibility index (Phi) is 7.74. The maximum Gasteiger partial charge on any atom is 0.266 e. The predicted molar refractivity (Wildman–Crippen MR) is 127 cm³/mol. The number of carbonyl (C=O) groups excluding carboxylic acids is 1. The number of hydrogen-bond acceptors (Lipinski definition) is 5. The van der Waals surface area contributed by atoms with Crippen LogP contribution in [0.25, 0.3) is 6.08 Å². The zero-order valence-corrected chi connectivity index (χ0v) is 20.3. The van der Waals surface area contributed by atoms with Crippen molar-refractivity contribution in [2.24, 2.45) is 0 Å². The van der Waals surface area contributed by atoms with Gasteiger partial charge < -0.3 is 14.6 Å². The maximum absolute atomic E-state index is 13.0. The van der Waals surface area contributed by atoms with Crippen molar-refractivity contribution in [3.05, 3.63) is 52.4 Å². The van der Waals surface area contributed by atoms with Crippen LogP contribution >= 0.6 is 0 Å². The van der Waals surface area contributed by atoms with Crippen molar-refractivity contribution in [2.75, 3.05) is 31.6 Å². The van der Waals surface area contributed by atoms with Gasteiger partial charge in [-0.2, -0.15) is 9.57 Å². The lowest BCUT2D eigenvalue weighted by Gasteiger charge is -2.26. The molecule has 1 saturated heterocycles. The van der Waals surface area contributed by atoms with E-state index in [0.717, 1.165) is 29.9 Å². The normalized spacial score (nSPS) is 15.3. The number of nitrogens with zero attached hydrogens (tertiary/aromatic N) is 3. The third-order valence-electron chi connectivity index (χ3n) is 5.79. The van der Waals surface area contributed by atoms with Crippen LogP contribution in [-0.2, 0) is 26.1 Å². The van der Waals surface area contributed by atoms with E-state index >= 15 is 0 Å². The van der Waals surface area contributed by atoms with Crippen molar-refractivity contribution in [3.63, 3.8) is 0 Å². The van der Waals surface area contributed by atoms with Crippen molar-refractivity contribution in [3.8, 4) is 6.07 Å². The molecule has 0 aliphatic carbocycles. The Morgan fingerprint density at radius 1 is 1.21 bits per heavy atom. The number of sulfonamides is 1. The first kappa shape index (κ1) is 24.7. The highest BCUT2D eigenvalue weighted by Gasteiger charge is 2.27. The zero-order valence-electron chi connectivity index (χ0n) is 19.5. The molecule has 1 fully saturated rings. The molecule has 1 aromatic heterocycles. The minimum Gasteiger partial charge on any atom is -0.379 e. The van der Waals surface area contributed by atoms with Crippen LogP contribution in [0.15, 0.2) is 34.7 Å². The number of benzene rings is 1. The summed E-state index contributed by atoms with van der Waals surface area (Å²) in [6.45, 7) is 9.97. The van der Waals surface area contributed by atoms with Crippen molar-refractivity contribution in [1.82, 2.24) is 8.87 Å². The number of nitrogens with one attached hydrogen (secondary N) is 1. The van der Waals surface area contributed by atoms with Gasteiger partial charge >= 0.3 is 0 Å². The molecular weight excluding hydrogens is 440 g/mol. The molecule has 8 nitrogen and oxygen atoms in total. The highest BCUT2D eigenvalue weighted by Crippen LogP contribution is 2.25. The highest BCUT2D eigenvalue weighted by molar-refractivity contribution is 7.89. The average molecular weight is 471 g/mol. The molecule has 33 heavy (non-hydrogen) atoms. The summed E-state index contributed by atoms with van der Waals surface area (Å²) < 4.78 is 34.7. The lowest BCUT2D eigenvalue weighted by atomic mass is 10.1. The number of aryl methyl sites for hydroxylation is 2. The number of aromatic nitrogens is 1. The van der Waals surface area contributed by atoms with Gasteiger partial charge in [0.05, 0.1) is 18.1 Å². The molecule has 0 saturated carbocycles. The topological polar surface area (TPSA) is 104 Å². The average Bonchev–Trinajstić information content (AvgIpc) is 3.06. The largest absolute Gasteiger partial charge is 0.379 e. The molecule has 1 aromatic carbocycles. The van der Waals surface area contributed by atoms with Crippen LogP contribution in [-0.4, -0.2) is 49.5 Å². The number of hydrogen-bond donors (Lipinski definition) is 1. The van der Waals surface area contributed by atoms with Gasteiger partial charge in [-0.05, 0) is 62.6 Å². The Balaban J connectivity index is 1.87. The molecule has 1 aliphatic heterocycles. The van der Waals surface area contributed by atoms with Crippen LogP contribution < -0.4 is 5.32 Å². The Morgan fingerprint density at radius 3 is 2.55 bits per heavy atom. The standard InChI is InChI=1S/C24H30N4O4S/c1-5-8-28-18(3)13-20(19(28)4)14-21(16-25)24(29)26-23-15-22(7-6-17(23)2)33(30,31)27-9-11-32-12-10-27/h6-7,13-15H,5,8-12H2,1-4H3,(H,26,29)/b21-14-. The molecule has 2 aromatic rings. The minimum absolute atomic E-state index is 0.0485. The molecule has 0 radical (unpaired) electrons. The first-order chi connectivity index (χ1) is 15.7. The quantitative estimate of drug-likeness (QED) is 0.493. The second-order valence-electron chi connectivity index (χ2n) is 8.10. The van der Waals surface area contributed by atoms with Crippen LogP contribution in [0.5, 0.6) is 0 Å². The molecule has 1 amide bonds. The lowest BCUT2D eigenvalue weighted by Crippen LogP contribution is -2.40. The third kappa shape index (κ3) is 5.36. The van der Waals surface area contributed by atoms with Crippen molar-refractivity contribution >= 4 is 27.7 Å². The summed E-state index contributed by atoms with van der Waals surface area (Å²) in [4.78, 5) is 13.0. The number of nitriles is 1. The second kappa shape index (κ2) is 10.3. The summed E-state index contributed by atoms with van der Waals surface area (Å²) in [6, 6.07) is 8.55. The van der Waals surface area contributed by atoms with Gasteiger partial charge in [0.2, 0.25) is 10.0 Å². The highest BCUT2D eigenvalue weighted by atomic mass is 32.2. The molecule has 1 N–H and O–H groups in total. The van der Waals surface area contributed by atoms with Gasteiger partial charge in [-0.1, -0.05) is 13.0 Å². The van der Waals surface area contributed by atoms with Crippen molar-refractivity contribution in [1.29, 1.82) is 5.26 Å². The molecule has 9 heteroatoms. The Hall–Kier alpha value is -2.93. The van der Waals surface area contributed by atoms with Gasteiger partial charge in [-0.15, -0.1) is 0 Å². The van der Waals surface area contributed by atoms with E-state index in [1.165, 1.54) is 16.4 Å². The molecule has 176 valence electrons. The maximum atomic E-state index is 13.0. The molecule has 3 rings (SSSR count). The number of ether oxygens (including phenoxy) is 1. The van der Waals surface area contributed by atoms with Crippen molar-refractivity contribution in [2.45, 2.75) is 45.6 Å². The molecule has 0 bridgehead atoms. The number of morpholine rings is 1. The predicted octanol–water partition coefficient (Wildman–Crippen LogP) is 3.39. The fourth-order valence-electron chi connectivity index (χ4n) is 3.87. The van der Waals surface area contributed by atoms with E-state index in [0.29, 0.717) is 24.5 Å². The van der Waals surface area contributed by atoms with Crippen LogP contribution in [0.2, 0.25) is 0 Å². The molecule has 0 unspecified atom stereocenters.